The maximum atomic E-state index is 13.8. The predicted octanol–water partition coefficient (Wildman–Crippen LogP) is 5.86. The van der Waals surface area contributed by atoms with E-state index in [1.165, 1.54) is 18.2 Å². The zero-order valence-corrected chi connectivity index (χ0v) is 33.1. The van der Waals surface area contributed by atoms with Gasteiger partial charge in [-0.2, -0.15) is 4.31 Å². The maximum Gasteiger partial charge on any atom is 0.407 e. The summed E-state index contributed by atoms with van der Waals surface area (Å²) in [5, 5.41) is 25.8. The third-order valence-corrected chi connectivity index (χ3v) is 12.4. The maximum absolute atomic E-state index is 13.8. The molecular formula is C36H54N3O13PS. The number of carbonyl (C=O) groups excluding carboxylic acids is 1. The SMILES string of the molecule is CCCCOP(=O)(COc1ccc(C[C@H](NC(=O)O[C@H]2CO[C@H]3OCC[C@H]32)[C@H](O)CN(CC(C)C)S(=O)(=O)c2cccc([N+](=O)[O-])c2)cc1)OCCCC. The van der Waals surface area contributed by atoms with Crippen molar-refractivity contribution in [3.05, 3.63) is 64.2 Å². The van der Waals surface area contributed by atoms with Crippen LogP contribution in [0.1, 0.15) is 65.4 Å². The van der Waals surface area contributed by atoms with Gasteiger partial charge in [0.05, 0.1) is 54.3 Å². The number of aliphatic hydroxyl groups excluding tert-OH is 1. The van der Waals surface area contributed by atoms with Crippen molar-refractivity contribution in [2.24, 2.45) is 11.8 Å². The van der Waals surface area contributed by atoms with E-state index in [-0.39, 0.29) is 55.9 Å². The molecular weight excluding hydrogens is 745 g/mol. The first-order valence-corrected chi connectivity index (χ1v) is 21.6. The minimum absolute atomic E-state index is 0.0120. The summed E-state index contributed by atoms with van der Waals surface area (Å²) >= 11 is 0. The summed E-state index contributed by atoms with van der Waals surface area (Å²) in [6, 6.07) is 10.4. The van der Waals surface area contributed by atoms with E-state index in [4.69, 9.17) is 28.0 Å². The number of alkyl carbamates (subject to hydrolysis) is 1. The van der Waals surface area contributed by atoms with Crippen LogP contribution in [0.2, 0.25) is 0 Å². The van der Waals surface area contributed by atoms with Crippen LogP contribution in [0.15, 0.2) is 53.4 Å². The first kappa shape index (κ1) is 43.6. The highest BCUT2D eigenvalue weighted by molar-refractivity contribution is 7.89. The van der Waals surface area contributed by atoms with Gasteiger partial charge in [0.2, 0.25) is 10.0 Å². The molecule has 2 aliphatic heterocycles. The largest absolute Gasteiger partial charge is 0.481 e. The summed E-state index contributed by atoms with van der Waals surface area (Å²) in [7, 11) is -7.83. The number of sulfonamides is 1. The monoisotopic (exact) mass is 799 g/mol. The van der Waals surface area contributed by atoms with Crippen molar-refractivity contribution in [2.45, 2.75) is 95.7 Å². The van der Waals surface area contributed by atoms with Crippen molar-refractivity contribution in [1.29, 1.82) is 0 Å². The molecule has 54 heavy (non-hydrogen) atoms. The number of carbonyl (C=O) groups is 1. The van der Waals surface area contributed by atoms with Crippen LogP contribution in [0.3, 0.4) is 0 Å². The molecule has 0 spiro atoms. The van der Waals surface area contributed by atoms with Crippen molar-refractivity contribution in [1.82, 2.24) is 9.62 Å². The van der Waals surface area contributed by atoms with Crippen LogP contribution in [0.5, 0.6) is 5.75 Å². The first-order chi connectivity index (χ1) is 25.7. The highest BCUT2D eigenvalue weighted by atomic mass is 32.2. The first-order valence-electron chi connectivity index (χ1n) is 18.5. The van der Waals surface area contributed by atoms with Crippen molar-refractivity contribution in [3.8, 4) is 5.75 Å². The molecule has 0 bridgehead atoms. The Morgan fingerprint density at radius 1 is 1.07 bits per heavy atom. The molecule has 302 valence electrons. The van der Waals surface area contributed by atoms with E-state index in [0.717, 1.165) is 36.1 Å². The van der Waals surface area contributed by atoms with E-state index in [0.29, 0.717) is 24.3 Å². The van der Waals surface area contributed by atoms with E-state index < -0.39 is 65.4 Å². The predicted molar refractivity (Wildman–Crippen MR) is 199 cm³/mol. The number of benzene rings is 2. The van der Waals surface area contributed by atoms with Crippen molar-refractivity contribution >= 4 is 29.4 Å². The van der Waals surface area contributed by atoms with E-state index in [2.05, 4.69) is 5.32 Å². The second-order valence-electron chi connectivity index (χ2n) is 13.9. The van der Waals surface area contributed by atoms with Gasteiger partial charge in [-0.1, -0.05) is 58.7 Å². The molecule has 0 aromatic heterocycles. The molecule has 5 atom stereocenters. The number of nitro groups is 1. The van der Waals surface area contributed by atoms with Gasteiger partial charge in [0, 0.05) is 25.2 Å². The molecule has 2 aromatic carbocycles. The van der Waals surface area contributed by atoms with Crippen LogP contribution < -0.4 is 10.1 Å². The molecule has 2 aliphatic rings. The number of rotatable bonds is 23. The molecule has 16 nitrogen and oxygen atoms in total. The molecule has 18 heteroatoms. The zero-order chi connectivity index (χ0) is 39.3. The van der Waals surface area contributed by atoms with Crippen LogP contribution in [-0.2, 0) is 44.3 Å². The number of nitro benzene ring substituents is 1. The summed E-state index contributed by atoms with van der Waals surface area (Å²) in [6.45, 7) is 8.36. The molecule has 2 heterocycles. The number of nitrogens with one attached hydrogen (secondary N) is 1. The fourth-order valence-electron chi connectivity index (χ4n) is 6.01. The molecule has 0 unspecified atom stereocenters. The van der Waals surface area contributed by atoms with Crippen LogP contribution in [0, 0.1) is 22.0 Å². The number of aliphatic hydroxyl groups is 1. The van der Waals surface area contributed by atoms with Gasteiger partial charge in [0.15, 0.2) is 12.6 Å². The van der Waals surface area contributed by atoms with Gasteiger partial charge in [-0.3, -0.25) is 14.7 Å². The van der Waals surface area contributed by atoms with Crippen molar-refractivity contribution < 1.29 is 55.8 Å². The van der Waals surface area contributed by atoms with Gasteiger partial charge in [0.25, 0.3) is 5.69 Å². The van der Waals surface area contributed by atoms with Crippen LogP contribution in [0.4, 0.5) is 10.5 Å². The Labute approximate surface area is 317 Å². The summed E-state index contributed by atoms with van der Waals surface area (Å²) < 4.78 is 75.9. The van der Waals surface area contributed by atoms with E-state index in [1.54, 1.807) is 38.1 Å². The average molecular weight is 800 g/mol. The van der Waals surface area contributed by atoms with E-state index in [9.17, 15) is 33.0 Å². The Hall–Kier alpha value is -3.15. The molecule has 0 radical (unpaired) electrons. The number of non-ortho nitro benzene ring substituents is 1. The summed E-state index contributed by atoms with van der Waals surface area (Å²) in [5.74, 6) is 0.0861. The summed E-state index contributed by atoms with van der Waals surface area (Å²) in [4.78, 5) is 23.7. The number of hydrogen-bond acceptors (Lipinski definition) is 13. The van der Waals surface area contributed by atoms with Crippen molar-refractivity contribution in [2.75, 3.05) is 45.9 Å². The Morgan fingerprint density at radius 2 is 1.76 bits per heavy atom. The lowest BCUT2D eigenvalue weighted by Crippen LogP contribution is -2.51. The second-order valence-corrected chi connectivity index (χ2v) is 17.8. The molecule has 4 rings (SSSR count). The summed E-state index contributed by atoms with van der Waals surface area (Å²) in [6.07, 6.45) is 0.340. The van der Waals surface area contributed by atoms with Gasteiger partial charge < -0.3 is 38.4 Å². The molecule has 2 N–H and O–H groups in total. The quantitative estimate of drug-likeness (QED) is 0.0586. The Morgan fingerprint density at radius 3 is 2.39 bits per heavy atom. The van der Waals surface area contributed by atoms with Gasteiger partial charge in [-0.05, 0) is 55.4 Å². The van der Waals surface area contributed by atoms with Gasteiger partial charge >= 0.3 is 13.7 Å². The van der Waals surface area contributed by atoms with Gasteiger partial charge in [-0.15, -0.1) is 0 Å². The van der Waals surface area contributed by atoms with Crippen LogP contribution >= 0.6 is 7.60 Å². The lowest BCUT2D eigenvalue weighted by atomic mass is 10.0. The minimum atomic E-state index is -4.32. The molecule has 2 fully saturated rings. The fraction of sp³-hybridized carbons (Fsp3) is 0.639. The number of fused-ring (bicyclic) bond motifs is 1. The fourth-order valence-corrected chi connectivity index (χ4v) is 9.02. The smallest absolute Gasteiger partial charge is 0.407 e. The van der Waals surface area contributed by atoms with Crippen molar-refractivity contribution in [3.63, 3.8) is 0 Å². The van der Waals surface area contributed by atoms with Crippen LogP contribution in [0.25, 0.3) is 0 Å². The number of ether oxygens (including phenoxy) is 4. The van der Waals surface area contributed by atoms with Crippen LogP contribution in [-0.4, -0.2) is 99.3 Å². The van der Waals surface area contributed by atoms with Gasteiger partial charge in [0.1, 0.15) is 11.9 Å². The number of hydrogen-bond donors (Lipinski definition) is 2. The third-order valence-electron chi connectivity index (χ3n) is 8.98. The van der Waals surface area contributed by atoms with E-state index >= 15 is 0 Å². The number of unbranched alkanes of at least 4 members (excludes halogenated alkanes) is 2. The number of amides is 1. The lowest BCUT2D eigenvalue weighted by molar-refractivity contribution is -0.385. The topological polar surface area (TPSA) is 202 Å². The minimum Gasteiger partial charge on any atom is -0.481 e. The number of nitrogens with zero attached hydrogens (tertiary/aromatic N) is 2. The highest BCUT2D eigenvalue weighted by Crippen LogP contribution is 2.48. The highest BCUT2D eigenvalue weighted by Gasteiger charge is 2.44. The molecule has 0 saturated carbocycles. The Bertz CT molecular complexity index is 1650. The Balaban J connectivity index is 1.52. The van der Waals surface area contributed by atoms with E-state index in [1.807, 2.05) is 13.8 Å². The second kappa shape index (κ2) is 20.7. The average Bonchev–Trinajstić information content (AvgIpc) is 3.76. The standard InChI is InChI=1S/C36H54N3O13PS/c1-5-7-17-50-53(44,51-18-8-6-2)25-49-29-14-12-27(13-15-29)20-32(37-36(41)52-34-24-48-35-31(34)16-19-47-35)33(40)23-38(22-26(3)4)54(45,46)30-11-9-10-28(21-30)39(42)43/h9-15,21,26,31-35,40H,5-8,16-20,22-25H2,1-4H3,(H,37,41)/t31-,32-,33+,34-,35+/m0/s1. The molecule has 2 saturated heterocycles. The lowest BCUT2D eigenvalue weighted by Gasteiger charge is -2.31. The molecule has 0 aliphatic carbocycles. The zero-order valence-electron chi connectivity index (χ0n) is 31.4. The molecule has 2 aromatic rings. The normalized spacial score (nSPS) is 19.8. The van der Waals surface area contributed by atoms with Gasteiger partial charge in [-0.25, -0.2) is 13.2 Å². The Kier molecular flexibility index (Phi) is 16.7. The molecule has 1 amide bonds. The summed E-state index contributed by atoms with van der Waals surface area (Å²) in [5.41, 5.74) is 0.260. The third kappa shape index (κ3) is 12.7.